The molecule has 1 aliphatic rings. The standard InChI is InChI=1S/C23H32O15/c1-11(24)31-8-18(34-13(3)26)9-32-21-19(35-14(4)27)20(36-15(5)28)22(37-16(6)29)23(21,38-17(7)30)10-33-12(2)25/h18-22H,8-10H2,1-7H3/t18?,19-,20-,21+,22+,23-/m1/s1. The molecule has 15 heteroatoms. The number of hydrogen-bond acceptors (Lipinski definition) is 15. The summed E-state index contributed by atoms with van der Waals surface area (Å²) in [6.45, 7) is 5.57. The van der Waals surface area contributed by atoms with Gasteiger partial charge in [-0.15, -0.1) is 0 Å². The van der Waals surface area contributed by atoms with E-state index < -0.39 is 97.7 Å². The molecule has 15 nitrogen and oxygen atoms in total. The van der Waals surface area contributed by atoms with Crippen LogP contribution >= 0.6 is 0 Å². The Hall–Kier alpha value is -3.75. The molecule has 0 aromatic rings. The summed E-state index contributed by atoms with van der Waals surface area (Å²) in [6.07, 6.45) is -7.69. The Balaban J connectivity index is 3.70. The van der Waals surface area contributed by atoms with Gasteiger partial charge in [-0.1, -0.05) is 0 Å². The van der Waals surface area contributed by atoms with E-state index in [-0.39, 0.29) is 0 Å². The van der Waals surface area contributed by atoms with Gasteiger partial charge in [0, 0.05) is 48.5 Å². The van der Waals surface area contributed by atoms with E-state index in [1.54, 1.807) is 0 Å². The minimum absolute atomic E-state index is 0.439. The van der Waals surface area contributed by atoms with Crippen LogP contribution in [0.4, 0.5) is 0 Å². The van der Waals surface area contributed by atoms with Crippen molar-refractivity contribution in [2.45, 2.75) is 84.6 Å². The minimum atomic E-state index is -2.22. The lowest BCUT2D eigenvalue weighted by Gasteiger charge is -2.38. The Labute approximate surface area is 218 Å². The van der Waals surface area contributed by atoms with Gasteiger partial charge < -0.3 is 37.9 Å². The summed E-state index contributed by atoms with van der Waals surface area (Å²) in [6, 6.07) is 0. The maximum Gasteiger partial charge on any atom is 0.303 e. The quantitative estimate of drug-likeness (QED) is 0.224. The Bertz CT molecular complexity index is 928. The summed E-state index contributed by atoms with van der Waals surface area (Å²) in [5, 5.41) is 0. The molecule has 0 N–H and O–H groups in total. The third-order valence-corrected chi connectivity index (χ3v) is 4.88. The molecule has 1 fully saturated rings. The maximum absolute atomic E-state index is 12.2. The van der Waals surface area contributed by atoms with E-state index in [0.29, 0.717) is 0 Å². The van der Waals surface area contributed by atoms with Crippen molar-refractivity contribution in [3.63, 3.8) is 0 Å². The fraction of sp³-hybridized carbons (Fsp3) is 0.696. The topological polar surface area (TPSA) is 193 Å². The second-order valence-electron chi connectivity index (χ2n) is 8.29. The smallest absolute Gasteiger partial charge is 0.303 e. The number of rotatable bonds is 12. The molecule has 38 heavy (non-hydrogen) atoms. The Morgan fingerprint density at radius 3 is 1.50 bits per heavy atom. The zero-order valence-corrected chi connectivity index (χ0v) is 22.1. The predicted molar refractivity (Wildman–Crippen MR) is 120 cm³/mol. The van der Waals surface area contributed by atoms with E-state index in [0.717, 1.165) is 48.5 Å². The highest BCUT2D eigenvalue weighted by molar-refractivity contribution is 5.71. The molecular formula is C23H32O15. The first-order valence-corrected chi connectivity index (χ1v) is 11.4. The predicted octanol–water partition coefficient (Wildman–Crippen LogP) is -0.460. The Morgan fingerprint density at radius 2 is 1.08 bits per heavy atom. The number of esters is 7. The van der Waals surface area contributed by atoms with Crippen molar-refractivity contribution in [2.24, 2.45) is 0 Å². The van der Waals surface area contributed by atoms with Gasteiger partial charge in [-0.2, -0.15) is 0 Å². The van der Waals surface area contributed by atoms with Gasteiger partial charge in [0.15, 0.2) is 24.4 Å². The first-order valence-electron chi connectivity index (χ1n) is 11.4. The van der Waals surface area contributed by atoms with Gasteiger partial charge in [0.2, 0.25) is 5.60 Å². The van der Waals surface area contributed by atoms with Crippen molar-refractivity contribution in [3.05, 3.63) is 0 Å². The van der Waals surface area contributed by atoms with E-state index in [2.05, 4.69) is 0 Å². The van der Waals surface area contributed by atoms with Crippen molar-refractivity contribution >= 4 is 41.8 Å². The van der Waals surface area contributed by atoms with Crippen LogP contribution in [-0.2, 0) is 71.5 Å². The minimum Gasteiger partial charge on any atom is -0.462 e. The molecule has 6 atom stereocenters. The fourth-order valence-corrected chi connectivity index (χ4v) is 3.85. The molecule has 1 rings (SSSR count). The number of ether oxygens (including phenoxy) is 8. The Morgan fingerprint density at radius 1 is 0.579 bits per heavy atom. The average Bonchev–Trinajstić information content (AvgIpc) is 2.95. The van der Waals surface area contributed by atoms with Crippen LogP contribution in [0.25, 0.3) is 0 Å². The molecule has 0 saturated heterocycles. The molecule has 0 spiro atoms. The molecule has 1 aliphatic carbocycles. The molecule has 0 aromatic carbocycles. The number of carbonyl (C=O) groups excluding carboxylic acids is 7. The highest BCUT2D eigenvalue weighted by Crippen LogP contribution is 2.43. The normalized spacial score (nSPS) is 24.8. The van der Waals surface area contributed by atoms with Gasteiger partial charge in [-0.3, -0.25) is 33.6 Å². The van der Waals surface area contributed by atoms with Crippen LogP contribution in [0.2, 0.25) is 0 Å². The van der Waals surface area contributed by atoms with E-state index in [1.165, 1.54) is 0 Å². The zero-order valence-electron chi connectivity index (χ0n) is 22.1. The van der Waals surface area contributed by atoms with Gasteiger partial charge in [-0.25, -0.2) is 0 Å². The van der Waals surface area contributed by atoms with Gasteiger partial charge in [0.05, 0.1) is 6.61 Å². The summed E-state index contributed by atoms with van der Waals surface area (Å²) in [7, 11) is 0. The lowest BCUT2D eigenvalue weighted by molar-refractivity contribution is -0.223. The van der Waals surface area contributed by atoms with E-state index >= 15 is 0 Å². The molecule has 0 amide bonds. The molecule has 0 heterocycles. The second kappa shape index (κ2) is 14.3. The van der Waals surface area contributed by atoms with Crippen molar-refractivity contribution < 1.29 is 71.5 Å². The monoisotopic (exact) mass is 548 g/mol. The lowest BCUT2D eigenvalue weighted by atomic mass is 9.96. The molecule has 0 aliphatic heterocycles. The third-order valence-electron chi connectivity index (χ3n) is 4.88. The molecule has 0 aromatic heterocycles. The van der Waals surface area contributed by atoms with Crippen LogP contribution in [0, 0.1) is 0 Å². The average molecular weight is 548 g/mol. The molecule has 1 saturated carbocycles. The van der Waals surface area contributed by atoms with E-state index in [4.69, 9.17) is 37.9 Å². The SMILES string of the molecule is CC(=O)OCC(CO[C@H]1[C@H](OC(C)=O)[C@@H](OC(C)=O)[C@H](OC(C)=O)[C@]1(COC(C)=O)OC(C)=O)OC(C)=O. The molecular weight excluding hydrogens is 516 g/mol. The first kappa shape index (κ1) is 32.3. The van der Waals surface area contributed by atoms with E-state index in [1.807, 2.05) is 0 Å². The summed E-state index contributed by atoms with van der Waals surface area (Å²) in [5.74, 6) is -5.91. The van der Waals surface area contributed by atoms with Crippen molar-refractivity contribution in [3.8, 4) is 0 Å². The summed E-state index contributed by atoms with van der Waals surface area (Å²) >= 11 is 0. The molecule has 214 valence electrons. The second-order valence-corrected chi connectivity index (χ2v) is 8.29. The number of hydrogen-bond donors (Lipinski definition) is 0. The summed E-state index contributed by atoms with van der Waals surface area (Å²) in [5.41, 5.74) is -2.22. The fourth-order valence-electron chi connectivity index (χ4n) is 3.85. The van der Waals surface area contributed by atoms with Crippen LogP contribution in [0.1, 0.15) is 48.5 Å². The van der Waals surface area contributed by atoms with Crippen LogP contribution < -0.4 is 0 Å². The Kier molecular flexibility index (Phi) is 12.1. The molecule has 0 bridgehead atoms. The van der Waals surface area contributed by atoms with Crippen LogP contribution in [0.5, 0.6) is 0 Å². The van der Waals surface area contributed by atoms with Gasteiger partial charge in [0.1, 0.15) is 19.3 Å². The van der Waals surface area contributed by atoms with Crippen LogP contribution in [0.3, 0.4) is 0 Å². The highest BCUT2D eigenvalue weighted by atomic mass is 16.7. The maximum atomic E-state index is 12.2. The van der Waals surface area contributed by atoms with Crippen LogP contribution in [-0.4, -0.2) is 97.7 Å². The summed E-state index contributed by atoms with van der Waals surface area (Å²) in [4.78, 5) is 82.8. The largest absolute Gasteiger partial charge is 0.462 e. The van der Waals surface area contributed by atoms with Crippen molar-refractivity contribution in [1.29, 1.82) is 0 Å². The highest BCUT2D eigenvalue weighted by Gasteiger charge is 2.70. The molecule has 1 unspecified atom stereocenters. The van der Waals surface area contributed by atoms with Crippen LogP contribution in [0.15, 0.2) is 0 Å². The van der Waals surface area contributed by atoms with Gasteiger partial charge in [0.25, 0.3) is 0 Å². The van der Waals surface area contributed by atoms with Crippen molar-refractivity contribution in [2.75, 3.05) is 19.8 Å². The van der Waals surface area contributed by atoms with Gasteiger partial charge >= 0.3 is 41.8 Å². The van der Waals surface area contributed by atoms with Gasteiger partial charge in [-0.05, 0) is 0 Å². The van der Waals surface area contributed by atoms with E-state index in [9.17, 15) is 33.6 Å². The third kappa shape index (κ3) is 9.61. The summed E-state index contributed by atoms with van der Waals surface area (Å²) < 4.78 is 42.5. The van der Waals surface area contributed by atoms with Crippen molar-refractivity contribution in [1.82, 2.24) is 0 Å². The number of carbonyl (C=O) groups is 7. The molecule has 0 radical (unpaired) electrons. The lowest BCUT2D eigenvalue weighted by Crippen LogP contribution is -2.58. The first-order chi connectivity index (χ1) is 17.6. The zero-order chi connectivity index (χ0) is 29.2.